The van der Waals surface area contributed by atoms with Crippen molar-refractivity contribution in [3.63, 3.8) is 0 Å². The summed E-state index contributed by atoms with van der Waals surface area (Å²) in [4.78, 5) is 4.34. The molecule has 1 aliphatic rings. The molecule has 0 amide bonds. The van der Waals surface area contributed by atoms with Gasteiger partial charge in [-0.25, -0.2) is 4.98 Å². The van der Waals surface area contributed by atoms with Crippen molar-refractivity contribution in [2.45, 2.75) is 6.54 Å². The Morgan fingerprint density at radius 2 is 1.96 bits per heavy atom. The fourth-order valence-corrected chi connectivity index (χ4v) is 3.09. The van der Waals surface area contributed by atoms with Gasteiger partial charge in [-0.3, -0.25) is 0 Å². The Morgan fingerprint density at radius 1 is 1.12 bits per heavy atom. The van der Waals surface area contributed by atoms with Crippen LogP contribution in [0, 0.1) is 0 Å². The van der Waals surface area contributed by atoms with Gasteiger partial charge in [-0.05, 0) is 23.8 Å². The number of nitrogens with zero attached hydrogens (tertiary/aromatic N) is 1. The van der Waals surface area contributed by atoms with Gasteiger partial charge in [-0.1, -0.05) is 29.8 Å². The van der Waals surface area contributed by atoms with Gasteiger partial charge in [0, 0.05) is 23.7 Å². The van der Waals surface area contributed by atoms with Crippen molar-refractivity contribution in [1.29, 1.82) is 0 Å². The minimum absolute atomic E-state index is 0.483. The van der Waals surface area contributed by atoms with Crippen LogP contribution in [0.5, 0.6) is 11.5 Å². The molecule has 3 aromatic rings. The Hall–Kier alpha value is -2.66. The number of para-hydroxylation sites is 1. The highest BCUT2D eigenvalue weighted by Gasteiger charge is 2.16. The van der Waals surface area contributed by atoms with Crippen LogP contribution in [-0.4, -0.2) is 18.2 Å². The lowest BCUT2D eigenvalue weighted by molar-refractivity contribution is 0.171. The number of nitrogens with one attached hydrogen (secondary N) is 1. The zero-order chi connectivity index (χ0) is 16.5. The third-order valence-corrected chi connectivity index (χ3v) is 4.16. The summed E-state index contributed by atoms with van der Waals surface area (Å²) in [5.41, 5.74) is 8.70. The van der Waals surface area contributed by atoms with Gasteiger partial charge in [0.05, 0.1) is 10.5 Å². The summed E-state index contributed by atoms with van der Waals surface area (Å²) >= 11 is 6.29. The lowest BCUT2D eigenvalue weighted by Crippen LogP contribution is -2.16. The van der Waals surface area contributed by atoms with Crippen molar-refractivity contribution in [3.05, 3.63) is 53.1 Å². The van der Waals surface area contributed by atoms with E-state index in [2.05, 4.69) is 10.3 Å². The first-order valence-corrected chi connectivity index (χ1v) is 8.05. The number of nitrogen functional groups attached to an aromatic ring is 1. The van der Waals surface area contributed by atoms with Crippen molar-refractivity contribution in [2.24, 2.45) is 0 Å². The van der Waals surface area contributed by atoms with E-state index in [1.165, 1.54) is 0 Å². The summed E-state index contributed by atoms with van der Waals surface area (Å²) in [6.07, 6.45) is 0. The first-order valence-electron chi connectivity index (χ1n) is 7.68. The number of rotatable bonds is 3. The highest BCUT2D eigenvalue weighted by atomic mass is 35.5. The number of aromatic nitrogens is 1. The van der Waals surface area contributed by atoms with E-state index in [1.807, 2.05) is 42.5 Å². The number of halogens is 1. The number of benzene rings is 2. The number of nitrogens with two attached hydrogens (primary N) is 1. The molecule has 0 unspecified atom stereocenters. The molecule has 4 rings (SSSR count). The first-order chi connectivity index (χ1) is 11.7. The predicted octanol–water partition coefficient (Wildman–Crippen LogP) is 3.85. The highest BCUT2D eigenvalue weighted by molar-refractivity contribution is 6.32. The quantitative estimate of drug-likeness (QED) is 0.757. The fourth-order valence-electron chi connectivity index (χ4n) is 2.81. The van der Waals surface area contributed by atoms with E-state index < -0.39 is 0 Å². The summed E-state index contributed by atoms with van der Waals surface area (Å²) in [6.45, 7) is 1.64. The molecule has 0 bridgehead atoms. The number of fused-ring (bicyclic) bond motifs is 2. The lowest BCUT2D eigenvalue weighted by Gasteiger charge is -2.20. The molecular formula is C18H16ClN3O2. The molecule has 0 spiro atoms. The van der Waals surface area contributed by atoms with Crippen molar-refractivity contribution >= 4 is 34.0 Å². The molecule has 2 aromatic carbocycles. The number of pyridine rings is 1. The van der Waals surface area contributed by atoms with E-state index in [0.29, 0.717) is 42.1 Å². The van der Waals surface area contributed by atoms with E-state index in [9.17, 15) is 0 Å². The molecule has 0 radical (unpaired) electrons. The average Bonchev–Trinajstić information content (AvgIpc) is 2.59. The minimum atomic E-state index is 0.483. The predicted molar refractivity (Wildman–Crippen MR) is 95.9 cm³/mol. The molecule has 2 heterocycles. The molecule has 0 aliphatic carbocycles. The van der Waals surface area contributed by atoms with Crippen LogP contribution in [0.25, 0.3) is 10.9 Å². The van der Waals surface area contributed by atoms with Gasteiger partial charge in [-0.15, -0.1) is 0 Å². The van der Waals surface area contributed by atoms with Crippen LogP contribution in [0.1, 0.15) is 5.56 Å². The Bertz CT molecular complexity index is 914. The molecule has 0 atom stereocenters. The third kappa shape index (κ3) is 2.78. The van der Waals surface area contributed by atoms with Gasteiger partial charge in [0.2, 0.25) is 0 Å². The summed E-state index contributed by atoms with van der Waals surface area (Å²) < 4.78 is 11.2. The average molecular weight is 342 g/mol. The van der Waals surface area contributed by atoms with Crippen LogP contribution in [0.2, 0.25) is 5.02 Å². The Balaban J connectivity index is 1.63. The molecule has 1 aliphatic heterocycles. The van der Waals surface area contributed by atoms with Crippen molar-refractivity contribution in [2.75, 3.05) is 24.3 Å². The smallest absolute Gasteiger partial charge is 0.179 e. The molecule has 0 saturated heterocycles. The van der Waals surface area contributed by atoms with E-state index >= 15 is 0 Å². The van der Waals surface area contributed by atoms with E-state index in [1.54, 1.807) is 0 Å². The summed E-state index contributed by atoms with van der Waals surface area (Å²) in [5, 5.41) is 4.99. The van der Waals surface area contributed by atoms with Crippen molar-refractivity contribution in [1.82, 2.24) is 4.98 Å². The minimum Gasteiger partial charge on any atom is -0.486 e. The summed E-state index contributed by atoms with van der Waals surface area (Å²) in [7, 11) is 0. The van der Waals surface area contributed by atoms with Crippen LogP contribution < -0.4 is 20.5 Å². The molecule has 122 valence electrons. The second-order valence-corrected chi connectivity index (χ2v) is 5.97. The Labute approximate surface area is 144 Å². The van der Waals surface area contributed by atoms with Crippen molar-refractivity contribution < 1.29 is 9.47 Å². The van der Waals surface area contributed by atoms with Crippen LogP contribution in [0.15, 0.2) is 42.5 Å². The Kier molecular flexibility index (Phi) is 3.78. The molecule has 1 aromatic heterocycles. The zero-order valence-electron chi connectivity index (χ0n) is 12.9. The van der Waals surface area contributed by atoms with E-state index in [4.69, 9.17) is 26.8 Å². The van der Waals surface area contributed by atoms with Gasteiger partial charge in [-0.2, -0.15) is 0 Å². The topological polar surface area (TPSA) is 69.4 Å². The van der Waals surface area contributed by atoms with Gasteiger partial charge >= 0.3 is 0 Å². The van der Waals surface area contributed by atoms with Gasteiger partial charge < -0.3 is 20.5 Å². The SMILES string of the molecule is Nc1cc(NCc2cc(Cl)c3c(c2)OCCO3)c2ccccc2n1. The molecule has 24 heavy (non-hydrogen) atoms. The van der Waals surface area contributed by atoms with Crippen molar-refractivity contribution in [3.8, 4) is 11.5 Å². The Morgan fingerprint density at radius 3 is 2.88 bits per heavy atom. The van der Waals surface area contributed by atoms with Crippen LogP contribution in [0.4, 0.5) is 11.5 Å². The maximum absolute atomic E-state index is 6.29. The number of ether oxygens (including phenoxy) is 2. The number of anilines is 2. The largest absolute Gasteiger partial charge is 0.486 e. The molecule has 0 fully saturated rings. The molecule has 0 saturated carbocycles. The highest BCUT2D eigenvalue weighted by Crippen LogP contribution is 2.38. The van der Waals surface area contributed by atoms with Gasteiger partial charge in [0.1, 0.15) is 19.0 Å². The number of hydrogen-bond donors (Lipinski definition) is 2. The monoisotopic (exact) mass is 341 g/mol. The zero-order valence-corrected chi connectivity index (χ0v) is 13.6. The van der Waals surface area contributed by atoms with E-state index in [0.717, 1.165) is 22.2 Å². The first kappa shape index (κ1) is 14.9. The molecule has 6 heteroatoms. The van der Waals surface area contributed by atoms with Crippen LogP contribution in [0.3, 0.4) is 0 Å². The van der Waals surface area contributed by atoms with Crippen LogP contribution >= 0.6 is 11.6 Å². The molecule has 5 nitrogen and oxygen atoms in total. The number of hydrogen-bond acceptors (Lipinski definition) is 5. The molecule has 3 N–H and O–H groups in total. The van der Waals surface area contributed by atoms with E-state index in [-0.39, 0.29) is 0 Å². The normalized spacial score (nSPS) is 13.0. The fraction of sp³-hybridized carbons (Fsp3) is 0.167. The van der Waals surface area contributed by atoms with Gasteiger partial charge in [0.15, 0.2) is 11.5 Å². The third-order valence-electron chi connectivity index (χ3n) is 3.88. The molecular weight excluding hydrogens is 326 g/mol. The standard InChI is InChI=1S/C18H16ClN3O2/c19-13-7-11(8-16-18(13)24-6-5-23-16)10-21-15-9-17(20)22-14-4-2-1-3-12(14)15/h1-4,7-9H,5-6,10H2,(H3,20,21,22). The summed E-state index contributed by atoms with van der Waals surface area (Å²) in [5.74, 6) is 1.78. The maximum atomic E-state index is 6.29. The van der Waals surface area contributed by atoms with Crippen LogP contribution in [-0.2, 0) is 6.54 Å². The van der Waals surface area contributed by atoms with Gasteiger partial charge in [0.25, 0.3) is 0 Å². The second-order valence-electron chi connectivity index (χ2n) is 5.57. The maximum Gasteiger partial charge on any atom is 0.179 e. The lowest BCUT2D eigenvalue weighted by atomic mass is 10.1. The summed E-state index contributed by atoms with van der Waals surface area (Å²) in [6, 6.07) is 13.5. The second kappa shape index (κ2) is 6.09.